The van der Waals surface area contributed by atoms with Crippen molar-refractivity contribution in [2.24, 2.45) is 5.73 Å². The molecule has 0 unspecified atom stereocenters. The summed E-state index contributed by atoms with van der Waals surface area (Å²) in [6, 6.07) is 8.19. The fourth-order valence-electron chi connectivity index (χ4n) is 1.68. The topological polar surface area (TPSA) is 48.1 Å². The van der Waals surface area contributed by atoms with Gasteiger partial charge >= 0.3 is 0 Å². The van der Waals surface area contributed by atoms with E-state index in [-0.39, 0.29) is 0 Å². The number of aromatic nitrogens is 1. The first kappa shape index (κ1) is 13.1. The van der Waals surface area contributed by atoms with Gasteiger partial charge in [0.15, 0.2) is 0 Å². The summed E-state index contributed by atoms with van der Waals surface area (Å²) in [5, 5.41) is 3.05. The molecule has 0 saturated carbocycles. The molecule has 2 N–H and O–H groups in total. The van der Waals surface area contributed by atoms with E-state index in [2.05, 4.69) is 24.0 Å². The van der Waals surface area contributed by atoms with E-state index in [0.717, 1.165) is 29.3 Å². The van der Waals surface area contributed by atoms with Gasteiger partial charge in [0.2, 0.25) is 0 Å². The highest BCUT2D eigenvalue weighted by molar-refractivity contribution is 7.09. The summed E-state index contributed by atoms with van der Waals surface area (Å²) in [4.78, 5) is 4.47. The van der Waals surface area contributed by atoms with E-state index >= 15 is 0 Å². The average molecular weight is 262 g/mol. The van der Waals surface area contributed by atoms with Crippen LogP contribution in [0.15, 0.2) is 29.6 Å². The Balaban J connectivity index is 1.93. The third-order valence-corrected chi connectivity index (χ3v) is 3.54. The normalized spacial score (nSPS) is 10.6. The highest BCUT2D eigenvalue weighted by Crippen LogP contribution is 2.17. The van der Waals surface area contributed by atoms with Crippen LogP contribution in [-0.2, 0) is 19.4 Å². The predicted molar refractivity (Wildman–Crippen MR) is 75.0 cm³/mol. The second-order valence-electron chi connectivity index (χ2n) is 4.06. The van der Waals surface area contributed by atoms with E-state index in [1.54, 1.807) is 11.3 Å². The van der Waals surface area contributed by atoms with E-state index in [0.29, 0.717) is 13.2 Å². The van der Waals surface area contributed by atoms with Gasteiger partial charge in [-0.25, -0.2) is 4.98 Å². The highest BCUT2D eigenvalue weighted by atomic mass is 32.1. The van der Waals surface area contributed by atoms with Gasteiger partial charge in [0.05, 0.1) is 5.69 Å². The van der Waals surface area contributed by atoms with E-state index in [4.69, 9.17) is 10.5 Å². The summed E-state index contributed by atoms with van der Waals surface area (Å²) in [5.74, 6) is 0.907. The van der Waals surface area contributed by atoms with Crippen molar-refractivity contribution in [2.45, 2.75) is 26.4 Å². The van der Waals surface area contributed by atoms with Crippen molar-refractivity contribution in [3.63, 3.8) is 0 Å². The third-order valence-electron chi connectivity index (χ3n) is 2.67. The minimum atomic E-state index is 0.530. The first-order valence-corrected chi connectivity index (χ1v) is 7.05. The maximum atomic E-state index is 5.74. The molecule has 1 heterocycles. The van der Waals surface area contributed by atoms with E-state index < -0.39 is 0 Å². The van der Waals surface area contributed by atoms with E-state index in [1.807, 2.05) is 17.5 Å². The fraction of sp³-hybridized carbons (Fsp3) is 0.357. The number of thiazole rings is 1. The summed E-state index contributed by atoms with van der Waals surface area (Å²) in [5.41, 5.74) is 7.85. The Morgan fingerprint density at radius 3 is 3.06 bits per heavy atom. The van der Waals surface area contributed by atoms with Gasteiger partial charge in [-0.3, -0.25) is 0 Å². The van der Waals surface area contributed by atoms with Crippen molar-refractivity contribution in [3.05, 3.63) is 45.9 Å². The number of ether oxygens (including phenoxy) is 1. The lowest BCUT2D eigenvalue weighted by atomic mass is 10.2. The molecule has 0 aliphatic rings. The molecule has 0 aliphatic carbocycles. The molecule has 0 bridgehead atoms. The van der Waals surface area contributed by atoms with Gasteiger partial charge in [-0.1, -0.05) is 19.1 Å². The van der Waals surface area contributed by atoms with Crippen molar-refractivity contribution in [2.75, 3.05) is 6.54 Å². The van der Waals surface area contributed by atoms with Gasteiger partial charge in [-0.05, 0) is 30.7 Å². The molecule has 0 atom stereocenters. The standard InChI is InChI=1S/C14H18N2OS/c1-2-11-4-3-5-13(8-11)17-9-14-16-12(6-7-15)10-18-14/h3-5,8,10H,2,6-7,9,15H2,1H3. The minimum Gasteiger partial charge on any atom is -0.486 e. The summed E-state index contributed by atoms with van der Waals surface area (Å²) in [7, 11) is 0. The highest BCUT2D eigenvalue weighted by Gasteiger charge is 2.02. The molecule has 1 aromatic heterocycles. The molecule has 3 nitrogen and oxygen atoms in total. The molecule has 0 aliphatic heterocycles. The lowest BCUT2D eigenvalue weighted by Gasteiger charge is -2.05. The number of aryl methyl sites for hydroxylation is 1. The lowest BCUT2D eigenvalue weighted by Crippen LogP contribution is -2.03. The summed E-state index contributed by atoms with van der Waals surface area (Å²) in [6.45, 7) is 3.31. The van der Waals surface area contributed by atoms with Crippen molar-refractivity contribution in [3.8, 4) is 5.75 Å². The van der Waals surface area contributed by atoms with Crippen LogP contribution in [0, 0.1) is 0 Å². The maximum absolute atomic E-state index is 5.74. The van der Waals surface area contributed by atoms with E-state index in [9.17, 15) is 0 Å². The first-order valence-electron chi connectivity index (χ1n) is 6.17. The molecule has 0 amide bonds. The molecule has 96 valence electrons. The quantitative estimate of drug-likeness (QED) is 0.871. The van der Waals surface area contributed by atoms with Crippen LogP contribution in [0.1, 0.15) is 23.2 Å². The fourth-order valence-corrected chi connectivity index (χ4v) is 2.42. The van der Waals surface area contributed by atoms with Gasteiger partial charge in [-0.15, -0.1) is 11.3 Å². The lowest BCUT2D eigenvalue weighted by molar-refractivity contribution is 0.305. The van der Waals surface area contributed by atoms with Crippen LogP contribution < -0.4 is 10.5 Å². The van der Waals surface area contributed by atoms with Crippen LogP contribution in [0.5, 0.6) is 5.75 Å². The Labute approximate surface area is 112 Å². The molecule has 0 fully saturated rings. The van der Waals surface area contributed by atoms with Gasteiger partial charge in [0, 0.05) is 11.8 Å². The molecular formula is C14H18N2OS. The molecule has 2 aromatic rings. The smallest absolute Gasteiger partial charge is 0.140 e. The van der Waals surface area contributed by atoms with Crippen LogP contribution in [0.25, 0.3) is 0 Å². The zero-order chi connectivity index (χ0) is 12.8. The van der Waals surface area contributed by atoms with Crippen molar-refractivity contribution >= 4 is 11.3 Å². The van der Waals surface area contributed by atoms with Crippen LogP contribution in [0.3, 0.4) is 0 Å². The van der Waals surface area contributed by atoms with Gasteiger partial charge in [0.1, 0.15) is 17.4 Å². The Kier molecular flexibility index (Phi) is 4.73. The van der Waals surface area contributed by atoms with Crippen LogP contribution in [0.4, 0.5) is 0 Å². The first-order chi connectivity index (χ1) is 8.81. The zero-order valence-electron chi connectivity index (χ0n) is 10.6. The molecule has 1 aromatic carbocycles. The SMILES string of the molecule is CCc1cccc(OCc2nc(CCN)cs2)c1. The van der Waals surface area contributed by atoms with Crippen molar-refractivity contribution < 1.29 is 4.74 Å². The van der Waals surface area contributed by atoms with Gasteiger partial charge in [0.25, 0.3) is 0 Å². The number of rotatable bonds is 6. The number of benzene rings is 1. The molecular weight excluding hydrogens is 244 g/mol. The molecule has 0 radical (unpaired) electrons. The van der Waals surface area contributed by atoms with Crippen LogP contribution in [-0.4, -0.2) is 11.5 Å². The Morgan fingerprint density at radius 1 is 1.39 bits per heavy atom. The maximum Gasteiger partial charge on any atom is 0.140 e. The Morgan fingerprint density at radius 2 is 2.28 bits per heavy atom. The molecule has 2 rings (SSSR count). The molecule has 0 saturated heterocycles. The Bertz CT molecular complexity index is 496. The predicted octanol–water partition coefficient (Wildman–Crippen LogP) is 2.79. The number of nitrogens with zero attached hydrogens (tertiary/aromatic N) is 1. The second-order valence-corrected chi connectivity index (χ2v) is 5.00. The van der Waals surface area contributed by atoms with Crippen LogP contribution >= 0.6 is 11.3 Å². The molecule has 4 heteroatoms. The van der Waals surface area contributed by atoms with Crippen molar-refractivity contribution in [1.29, 1.82) is 0 Å². The average Bonchev–Trinajstić information content (AvgIpc) is 2.85. The third kappa shape index (κ3) is 3.55. The number of hydrogen-bond donors (Lipinski definition) is 1. The molecule has 18 heavy (non-hydrogen) atoms. The van der Waals surface area contributed by atoms with E-state index in [1.165, 1.54) is 5.56 Å². The van der Waals surface area contributed by atoms with Crippen LogP contribution in [0.2, 0.25) is 0 Å². The zero-order valence-corrected chi connectivity index (χ0v) is 11.4. The molecule has 0 spiro atoms. The Hall–Kier alpha value is -1.39. The summed E-state index contributed by atoms with van der Waals surface area (Å²) in [6.07, 6.45) is 1.86. The monoisotopic (exact) mass is 262 g/mol. The van der Waals surface area contributed by atoms with Gasteiger partial charge in [-0.2, -0.15) is 0 Å². The number of nitrogens with two attached hydrogens (primary N) is 1. The van der Waals surface area contributed by atoms with Gasteiger partial charge < -0.3 is 10.5 Å². The minimum absolute atomic E-state index is 0.530. The van der Waals surface area contributed by atoms with Crippen molar-refractivity contribution in [1.82, 2.24) is 4.98 Å². The second kappa shape index (κ2) is 6.52. The summed E-state index contributed by atoms with van der Waals surface area (Å²) < 4.78 is 5.74. The summed E-state index contributed by atoms with van der Waals surface area (Å²) >= 11 is 1.63. The largest absolute Gasteiger partial charge is 0.486 e. The number of hydrogen-bond acceptors (Lipinski definition) is 4.